The normalized spacial score (nSPS) is 20.4. The number of carbonyl (C=O) groups excluding carboxylic acids is 1. The average molecular weight is 414 g/mol. The molecule has 1 heterocycles. The van der Waals surface area contributed by atoms with E-state index in [1.807, 2.05) is 44.2 Å². The summed E-state index contributed by atoms with van der Waals surface area (Å²) in [5.74, 6) is -0.291. The maximum Gasteiger partial charge on any atom is 0.269 e. The third-order valence-electron chi connectivity index (χ3n) is 5.83. The highest BCUT2D eigenvalue weighted by molar-refractivity contribution is 6.01. The number of allylic oxidation sites excluding steroid dienone is 3. The molecule has 31 heavy (non-hydrogen) atoms. The molecule has 0 saturated carbocycles. The Morgan fingerprint density at radius 1 is 1.13 bits per heavy atom. The van der Waals surface area contributed by atoms with Crippen LogP contribution in [-0.4, -0.2) is 10.7 Å². The Bertz CT molecular complexity index is 1170. The zero-order valence-electron chi connectivity index (χ0n) is 17.3. The van der Waals surface area contributed by atoms with Gasteiger partial charge in [0.15, 0.2) is 5.78 Å². The zero-order chi connectivity index (χ0) is 22.3. The molecular formula is C24H22N4O3. The Morgan fingerprint density at radius 3 is 2.35 bits per heavy atom. The molecule has 1 aliphatic carbocycles. The predicted molar refractivity (Wildman–Crippen MR) is 117 cm³/mol. The molecule has 2 aromatic carbocycles. The first kappa shape index (κ1) is 20.4. The second kappa shape index (κ2) is 7.40. The summed E-state index contributed by atoms with van der Waals surface area (Å²) < 4.78 is 0. The number of nitrogens with two attached hydrogens (primary N) is 1. The van der Waals surface area contributed by atoms with E-state index in [9.17, 15) is 20.2 Å². The summed E-state index contributed by atoms with van der Waals surface area (Å²) in [4.78, 5) is 25.7. The van der Waals surface area contributed by atoms with Crippen molar-refractivity contribution in [1.29, 1.82) is 5.26 Å². The van der Waals surface area contributed by atoms with Crippen LogP contribution in [-0.2, 0) is 4.79 Å². The Hall–Kier alpha value is -3.92. The van der Waals surface area contributed by atoms with Crippen molar-refractivity contribution >= 4 is 17.2 Å². The SMILES string of the molecule is CC1(C)CC(=O)C2=C(C1)N(c1ccc([N+](=O)[O-])cc1)C(N)=C(C#N)[C@H]2c1ccccc1. The van der Waals surface area contributed by atoms with E-state index in [2.05, 4.69) is 6.07 Å². The monoisotopic (exact) mass is 414 g/mol. The molecule has 0 amide bonds. The lowest BCUT2D eigenvalue weighted by molar-refractivity contribution is -0.384. The summed E-state index contributed by atoms with van der Waals surface area (Å²) in [5.41, 5.74) is 9.27. The van der Waals surface area contributed by atoms with Crippen LogP contribution >= 0.6 is 0 Å². The van der Waals surface area contributed by atoms with Gasteiger partial charge in [-0.25, -0.2) is 0 Å². The minimum Gasteiger partial charge on any atom is -0.384 e. The number of ketones is 1. The van der Waals surface area contributed by atoms with Crippen LogP contribution in [0.3, 0.4) is 0 Å². The van der Waals surface area contributed by atoms with Crippen LogP contribution in [0, 0.1) is 26.9 Å². The fourth-order valence-electron chi connectivity index (χ4n) is 4.51. The highest BCUT2D eigenvalue weighted by Gasteiger charge is 2.44. The molecule has 7 heteroatoms. The highest BCUT2D eigenvalue weighted by Crippen LogP contribution is 2.50. The first-order chi connectivity index (χ1) is 14.7. The molecule has 0 bridgehead atoms. The van der Waals surface area contributed by atoms with E-state index in [0.717, 1.165) is 11.3 Å². The fraction of sp³-hybridized carbons (Fsp3) is 0.250. The fourth-order valence-corrected chi connectivity index (χ4v) is 4.51. The highest BCUT2D eigenvalue weighted by atomic mass is 16.6. The van der Waals surface area contributed by atoms with E-state index >= 15 is 0 Å². The molecular weight excluding hydrogens is 392 g/mol. The van der Waals surface area contributed by atoms with E-state index in [1.54, 1.807) is 17.0 Å². The smallest absolute Gasteiger partial charge is 0.269 e. The first-order valence-electron chi connectivity index (χ1n) is 9.99. The van der Waals surface area contributed by atoms with Gasteiger partial charge in [0.05, 0.1) is 22.5 Å². The Balaban J connectivity index is 1.96. The van der Waals surface area contributed by atoms with Gasteiger partial charge in [-0.1, -0.05) is 44.2 Å². The number of rotatable bonds is 3. The summed E-state index contributed by atoms with van der Waals surface area (Å²) in [5, 5.41) is 21.1. The van der Waals surface area contributed by atoms with E-state index in [4.69, 9.17) is 5.73 Å². The number of anilines is 1. The molecule has 4 rings (SSSR count). The van der Waals surface area contributed by atoms with Gasteiger partial charge in [-0.2, -0.15) is 5.26 Å². The molecule has 2 aromatic rings. The van der Waals surface area contributed by atoms with E-state index in [1.165, 1.54) is 12.1 Å². The number of carbonyl (C=O) groups is 1. The Morgan fingerprint density at radius 2 is 1.77 bits per heavy atom. The molecule has 0 radical (unpaired) electrons. The lowest BCUT2D eigenvalue weighted by atomic mass is 9.68. The van der Waals surface area contributed by atoms with E-state index in [0.29, 0.717) is 29.7 Å². The maximum absolute atomic E-state index is 13.4. The van der Waals surface area contributed by atoms with Crippen molar-refractivity contribution in [3.63, 3.8) is 0 Å². The van der Waals surface area contributed by atoms with Gasteiger partial charge in [-0.3, -0.25) is 19.8 Å². The van der Waals surface area contributed by atoms with Crippen molar-refractivity contribution < 1.29 is 9.72 Å². The van der Waals surface area contributed by atoms with Gasteiger partial charge in [0.1, 0.15) is 5.82 Å². The van der Waals surface area contributed by atoms with Crippen molar-refractivity contribution in [3.8, 4) is 6.07 Å². The molecule has 0 aromatic heterocycles. The molecule has 0 unspecified atom stereocenters. The van der Waals surface area contributed by atoms with Crippen LogP contribution in [0.1, 0.15) is 38.2 Å². The summed E-state index contributed by atoms with van der Waals surface area (Å²) in [6.45, 7) is 4.06. The van der Waals surface area contributed by atoms with Gasteiger partial charge in [-0.15, -0.1) is 0 Å². The van der Waals surface area contributed by atoms with Gasteiger partial charge < -0.3 is 5.73 Å². The van der Waals surface area contributed by atoms with Crippen molar-refractivity contribution in [3.05, 3.63) is 92.9 Å². The number of hydrogen-bond acceptors (Lipinski definition) is 6. The molecule has 7 nitrogen and oxygen atoms in total. The molecule has 1 atom stereocenters. The molecule has 1 aliphatic heterocycles. The standard InChI is InChI=1S/C24H22N4O3/c1-24(2)12-19-22(20(29)13-24)21(15-6-4-3-5-7-15)18(14-25)23(26)27(19)16-8-10-17(11-9-16)28(30)31/h3-11,21H,12-13,26H2,1-2H3/t21-/m1/s1. The van der Waals surface area contributed by atoms with Crippen molar-refractivity contribution in [2.45, 2.75) is 32.6 Å². The Labute approximate surface area is 180 Å². The summed E-state index contributed by atoms with van der Waals surface area (Å²) in [6.07, 6.45) is 0.968. The second-order valence-corrected chi connectivity index (χ2v) is 8.66. The number of nitrogens with zero attached hydrogens (tertiary/aromatic N) is 3. The average Bonchev–Trinajstić information content (AvgIpc) is 2.73. The number of nitro benzene ring substituents is 1. The number of nitriles is 1. The number of Topliss-reactive ketones (excluding diaryl/α,β-unsaturated/α-hetero) is 1. The number of benzene rings is 2. The summed E-state index contributed by atoms with van der Waals surface area (Å²) in [7, 11) is 0. The van der Waals surface area contributed by atoms with Gasteiger partial charge in [0, 0.05) is 35.5 Å². The number of non-ortho nitro benzene ring substituents is 1. The van der Waals surface area contributed by atoms with E-state index < -0.39 is 10.8 Å². The lowest BCUT2D eigenvalue weighted by Crippen LogP contribution is -2.42. The topological polar surface area (TPSA) is 113 Å². The first-order valence-corrected chi connectivity index (χ1v) is 9.99. The van der Waals surface area contributed by atoms with Gasteiger partial charge in [0.2, 0.25) is 0 Å². The summed E-state index contributed by atoms with van der Waals surface area (Å²) >= 11 is 0. The molecule has 2 aliphatic rings. The van der Waals surface area contributed by atoms with Crippen LogP contribution in [0.4, 0.5) is 11.4 Å². The van der Waals surface area contributed by atoms with Crippen LogP contribution < -0.4 is 10.6 Å². The zero-order valence-corrected chi connectivity index (χ0v) is 17.3. The van der Waals surface area contributed by atoms with Crippen LogP contribution in [0.15, 0.2) is 77.3 Å². The molecule has 0 saturated heterocycles. The molecule has 0 fully saturated rings. The van der Waals surface area contributed by atoms with Crippen LogP contribution in [0.25, 0.3) is 0 Å². The van der Waals surface area contributed by atoms with Crippen molar-refractivity contribution in [2.75, 3.05) is 4.90 Å². The molecule has 0 spiro atoms. The Kier molecular flexibility index (Phi) is 4.86. The molecule has 2 N–H and O–H groups in total. The largest absolute Gasteiger partial charge is 0.384 e. The van der Waals surface area contributed by atoms with E-state index in [-0.39, 0.29) is 22.7 Å². The quantitative estimate of drug-likeness (QED) is 0.583. The second-order valence-electron chi connectivity index (χ2n) is 8.66. The van der Waals surface area contributed by atoms with Crippen LogP contribution in [0.2, 0.25) is 0 Å². The van der Waals surface area contributed by atoms with Gasteiger partial charge in [0.25, 0.3) is 5.69 Å². The minimum atomic E-state index is -0.529. The number of nitro groups is 1. The third-order valence-corrected chi connectivity index (χ3v) is 5.83. The van der Waals surface area contributed by atoms with Gasteiger partial charge >= 0.3 is 0 Å². The van der Waals surface area contributed by atoms with Crippen molar-refractivity contribution in [2.24, 2.45) is 11.1 Å². The third kappa shape index (κ3) is 3.46. The number of hydrogen-bond donors (Lipinski definition) is 1. The predicted octanol–water partition coefficient (Wildman–Crippen LogP) is 4.54. The van der Waals surface area contributed by atoms with Crippen molar-refractivity contribution in [1.82, 2.24) is 0 Å². The van der Waals surface area contributed by atoms with Crippen LogP contribution in [0.5, 0.6) is 0 Å². The lowest BCUT2D eigenvalue weighted by Gasteiger charge is -2.43. The molecule has 156 valence electrons. The summed E-state index contributed by atoms with van der Waals surface area (Å²) in [6, 6.07) is 17.6. The minimum absolute atomic E-state index is 0.00716. The maximum atomic E-state index is 13.4. The van der Waals surface area contributed by atoms with Gasteiger partial charge in [-0.05, 0) is 29.5 Å².